The monoisotopic (exact) mass is 259 g/mol. The number of rotatable bonds is 2. The second kappa shape index (κ2) is 3.75. The third kappa shape index (κ3) is 1.34. The Kier molecular flexibility index (Phi) is 2.42. The number of carbonyl (C=O) groups is 1. The number of anilines is 1. The number of allylic oxidation sites excluding steroid dienone is 1. The lowest BCUT2D eigenvalue weighted by Gasteiger charge is -2.14. The van der Waals surface area contributed by atoms with Crippen molar-refractivity contribution in [2.24, 2.45) is 5.41 Å². The SMILES string of the molecule is C=CC12CC1(/C=C\C)C(=O)Nc1ccccc1S2.[HH]. The molecule has 1 saturated carbocycles. The van der Waals surface area contributed by atoms with Gasteiger partial charge in [0.25, 0.3) is 0 Å². The molecule has 18 heavy (non-hydrogen) atoms. The number of fused-ring (bicyclic) bond motifs is 2. The number of carbonyl (C=O) groups excluding carboxylic acids is 1. The molecule has 1 aliphatic heterocycles. The van der Waals surface area contributed by atoms with Crippen LogP contribution in [0, 0.1) is 5.41 Å². The molecule has 2 aliphatic rings. The summed E-state index contributed by atoms with van der Waals surface area (Å²) in [5.74, 6) is 0.0814. The van der Waals surface area contributed by atoms with Crippen LogP contribution in [0.5, 0.6) is 0 Å². The van der Waals surface area contributed by atoms with Gasteiger partial charge in [-0.3, -0.25) is 4.79 Å². The summed E-state index contributed by atoms with van der Waals surface area (Å²) in [5, 5.41) is 3.04. The zero-order valence-electron chi connectivity index (χ0n) is 10.3. The van der Waals surface area contributed by atoms with Crippen LogP contribution in [0.15, 0.2) is 54.0 Å². The van der Waals surface area contributed by atoms with Crippen molar-refractivity contribution in [3.8, 4) is 0 Å². The van der Waals surface area contributed by atoms with Crippen LogP contribution >= 0.6 is 11.8 Å². The summed E-state index contributed by atoms with van der Waals surface area (Å²) in [6.07, 6.45) is 6.74. The third-order valence-electron chi connectivity index (χ3n) is 3.79. The van der Waals surface area contributed by atoms with E-state index in [0.29, 0.717) is 0 Å². The highest BCUT2D eigenvalue weighted by molar-refractivity contribution is 8.01. The van der Waals surface area contributed by atoms with Gasteiger partial charge in [0.2, 0.25) is 5.91 Å². The van der Waals surface area contributed by atoms with E-state index in [1.54, 1.807) is 11.8 Å². The first-order chi connectivity index (χ1) is 8.67. The minimum absolute atomic E-state index is 0. The van der Waals surface area contributed by atoms with E-state index in [1.807, 2.05) is 43.4 Å². The van der Waals surface area contributed by atoms with Crippen molar-refractivity contribution in [3.63, 3.8) is 0 Å². The van der Waals surface area contributed by atoms with E-state index in [9.17, 15) is 4.79 Å². The summed E-state index contributed by atoms with van der Waals surface area (Å²) < 4.78 is -0.184. The predicted molar refractivity (Wildman–Crippen MR) is 77.8 cm³/mol. The van der Waals surface area contributed by atoms with Gasteiger partial charge in [0.1, 0.15) is 0 Å². The summed E-state index contributed by atoms with van der Waals surface area (Å²) in [7, 11) is 0. The standard InChI is InChI=1S/C15H15NOS.H2/c1-3-9-14-10-15(14,4-2)18-12-8-6-5-7-11(12)16-13(14)17;/h3-9H,2,10H2,1H3,(H,16,17);1H/b9-3-;. The molecule has 94 valence electrons. The molecule has 1 aromatic rings. The molecule has 1 aromatic carbocycles. The van der Waals surface area contributed by atoms with Gasteiger partial charge in [-0.25, -0.2) is 0 Å². The molecule has 1 amide bonds. The third-order valence-corrected chi connectivity index (χ3v) is 5.40. The predicted octanol–water partition coefficient (Wildman–Crippen LogP) is 3.87. The highest BCUT2D eigenvalue weighted by atomic mass is 32.2. The fraction of sp³-hybridized carbons (Fsp3) is 0.267. The highest BCUT2D eigenvalue weighted by Crippen LogP contribution is 2.70. The van der Waals surface area contributed by atoms with Gasteiger partial charge in [0.15, 0.2) is 0 Å². The Bertz CT molecular complexity index is 571. The van der Waals surface area contributed by atoms with Crippen LogP contribution < -0.4 is 5.32 Å². The van der Waals surface area contributed by atoms with Gasteiger partial charge in [0, 0.05) is 6.32 Å². The van der Waals surface area contributed by atoms with E-state index in [4.69, 9.17) is 0 Å². The first-order valence-corrected chi connectivity index (χ1v) is 6.86. The van der Waals surface area contributed by atoms with Gasteiger partial charge in [0.05, 0.1) is 15.8 Å². The van der Waals surface area contributed by atoms with Gasteiger partial charge in [-0.1, -0.05) is 30.4 Å². The second-order valence-corrected chi connectivity index (χ2v) is 6.17. The normalized spacial score (nSPS) is 33.3. The number of amides is 1. The molecule has 3 rings (SSSR count). The van der Waals surface area contributed by atoms with E-state index < -0.39 is 5.41 Å². The van der Waals surface area contributed by atoms with Crippen molar-refractivity contribution < 1.29 is 6.22 Å². The molecular formula is C15H17NOS. The Morgan fingerprint density at radius 3 is 3.00 bits per heavy atom. The van der Waals surface area contributed by atoms with Gasteiger partial charge >= 0.3 is 0 Å². The van der Waals surface area contributed by atoms with Crippen LogP contribution in [-0.4, -0.2) is 10.7 Å². The first-order valence-electron chi connectivity index (χ1n) is 6.04. The zero-order valence-corrected chi connectivity index (χ0v) is 11.1. The molecule has 3 heteroatoms. The Morgan fingerprint density at radius 2 is 2.28 bits per heavy atom. The van der Waals surface area contributed by atoms with E-state index in [1.165, 1.54) is 0 Å². The summed E-state index contributed by atoms with van der Waals surface area (Å²) in [6.45, 7) is 5.89. The van der Waals surface area contributed by atoms with Crippen molar-refractivity contribution in [2.75, 3.05) is 5.32 Å². The fourth-order valence-corrected chi connectivity index (χ4v) is 4.21. The maximum absolute atomic E-state index is 12.5. The van der Waals surface area contributed by atoms with Crippen LogP contribution in [0.1, 0.15) is 14.8 Å². The van der Waals surface area contributed by atoms with Crippen molar-refractivity contribution in [3.05, 3.63) is 49.1 Å². The van der Waals surface area contributed by atoms with E-state index in [2.05, 4.69) is 18.0 Å². The Balaban J connectivity index is 0.00000133. The molecule has 1 heterocycles. The van der Waals surface area contributed by atoms with Gasteiger partial charge in [-0.2, -0.15) is 0 Å². The molecule has 0 saturated heterocycles. The lowest BCUT2D eigenvalue weighted by atomic mass is 10.0. The average Bonchev–Trinajstić information content (AvgIpc) is 3.02. The number of benzene rings is 1. The summed E-state index contributed by atoms with van der Waals surface area (Å²) in [5.41, 5.74) is 0.484. The second-order valence-electron chi connectivity index (χ2n) is 4.79. The lowest BCUT2D eigenvalue weighted by Crippen LogP contribution is -2.27. The van der Waals surface area contributed by atoms with Crippen LogP contribution in [0.25, 0.3) is 0 Å². The first kappa shape index (κ1) is 11.6. The van der Waals surface area contributed by atoms with E-state index in [0.717, 1.165) is 17.0 Å². The molecule has 2 atom stereocenters. The lowest BCUT2D eigenvalue weighted by molar-refractivity contribution is -0.119. The number of para-hydroxylation sites is 1. The van der Waals surface area contributed by atoms with Gasteiger partial charge in [-0.15, -0.1) is 18.3 Å². The molecule has 2 nitrogen and oxygen atoms in total. The molecular weight excluding hydrogens is 242 g/mol. The number of hydrogen-bond acceptors (Lipinski definition) is 2. The maximum Gasteiger partial charge on any atom is 0.236 e. The number of hydrogen-bond donors (Lipinski definition) is 1. The molecule has 1 fully saturated rings. The molecule has 0 aromatic heterocycles. The molecule has 0 bridgehead atoms. The maximum atomic E-state index is 12.5. The molecule has 0 spiro atoms. The van der Waals surface area contributed by atoms with Crippen molar-refractivity contribution >= 4 is 23.4 Å². The summed E-state index contributed by atoms with van der Waals surface area (Å²) >= 11 is 1.74. The largest absolute Gasteiger partial charge is 0.324 e. The van der Waals surface area contributed by atoms with Gasteiger partial charge in [-0.05, 0) is 25.5 Å². The molecule has 0 radical (unpaired) electrons. The van der Waals surface area contributed by atoms with Crippen LogP contribution in [0.4, 0.5) is 5.69 Å². The minimum Gasteiger partial charge on any atom is -0.324 e. The molecule has 2 unspecified atom stereocenters. The summed E-state index contributed by atoms with van der Waals surface area (Å²) in [4.78, 5) is 13.6. The van der Waals surface area contributed by atoms with Crippen molar-refractivity contribution in [2.45, 2.75) is 23.0 Å². The highest BCUT2D eigenvalue weighted by Gasteiger charge is 2.70. The molecule has 1 N–H and O–H groups in total. The van der Waals surface area contributed by atoms with Crippen LogP contribution in [0.3, 0.4) is 0 Å². The van der Waals surface area contributed by atoms with Crippen molar-refractivity contribution in [1.82, 2.24) is 0 Å². The van der Waals surface area contributed by atoms with E-state index >= 15 is 0 Å². The van der Waals surface area contributed by atoms with Crippen LogP contribution in [-0.2, 0) is 4.79 Å². The number of thioether (sulfide) groups is 1. The van der Waals surface area contributed by atoms with Crippen LogP contribution in [0.2, 0.25) is 0 Å². The smallest absolute Gasteiger partial charge is 0.236 e. The minimum atomic E-state index is -0.423. The Labute approximate surface area is 113 Å². The Morgan fingerprint density at radius 1 is 1.50 bits per heavy atom. The molecule has 1 aliphatic carbocycles. The Hall–Kier alpha value is -1.48. The zero-order chi connectivity index (χ0) is 12.8. The van der Waals surface area contributed by atoms with E-state index in [-0.39, 0.29) is 12.1 Å². The average molecular weight is 259 g/mol. The summed E-state index contributed by atoms with van der Waals surface area (Å²) in [6, 6.07) is 7.94. The van der Waals surface area contributed by atoms with Gasteiger partial charge < -0.3 is 5.32 Å². The quantitative estimate of drug-likeness (QED) is 0.817. The topological polar surface area (TPSA) is 29.1 Å². The number of nitrogens with one attached hydrogen (secondary N) is 1. The fourth-order valence-electron chi connectivity index (χ4n) is 2.71. The van der Waals surface area contributed by atoms with Crippen molar-refractivity contribution in [1.29, 1.82) is 0 Å².